The van der Waals surface area contributed by atoms with Crippen molar-refractivity contribution in [2.45, 2.75) is 20.4 Å². The molecule has 148 valence electrons. The van der Waals surface area contributed by atoms with Crippen LogP contribution in [0.3, 0.4) is 0 Å². The molecule has 2 N–H and O–H groups in total. The van der Waals surface area contributed by atoms with Gasteiger partial charge in [0.2, 0.25) is 0 Å². The van der Waals surface area contributed by atoms with Crippen LogP contribution in [0.1, 0.15) is 24.2 Å². The van der Waals surface area contributed by atoms with E-state index in [4.69, 9.17) is 0 Å². The summed E-state index contributed by atoms with van der Waals surface area (Å²) in [6.45, 7) is 3.32. The fraction of sp³-hybridized carbons (Fsp3) is 0.150. The molecule has 0 spiro atoms. The number of phenolic OH excluding ortho intramolecular Hbond substituents is 1. The first-order valence-electron chi connectivity index (χ1n) is 8.79. The van der Waals surface area contributed by atoms with Crippen molar-refractivity contribution in [2.75, 3.05) is 5.32 Å². The highest BCUT2D eigenvalue weighted by Crippen LogP contribution is 2.32. The van der Waals surface area contributed by atoms with E-state index in [-0.39, 0.29) is 35.0 Å². The Morgan fingerprint density at radius 3 is 2.48 bits per heavy atom. The Morgan fingerprint density at radius 1 is 1.24 bits per heavy atom. The summed E-state index contributed by atoms with van der Waals surface area (Å²) in [6, 6.07) is 12.4. The first-order valence-corrected chi connectivity index (χ1v) is 8.79. The minimum absolute atomic E-state index is 0.0580. The Bertz CT molecular complexity index is 1160. The van der Waals surface area contributed by atoms with Gasteiger partial charge in [-0.25, -0.2) is 4.68 Å². The van der Waals surface area contributed by atoms with Crippen molar-refractivity contribution in [3.63, 3.8) is 0 Å². The number of nitro benzene ring substituents is 1. The number of rotatable bonds is 6. The van der Waals surface area contributed by atoms with Crippen molar-refractivity contribution >= 4 is 22.8 Å². The van der Waals surface area contributed by atoms with E-state index in [1.54, 1.807) is 31.2 Å². The van der Waals surface area contributed by atoms with E-state index in [1.807, 2.05) is 6.07 Å². The number of ketones is 1. The van der Waals surface area contributed by atoms with Crippen LogP contribution in [-0.4, -0.2) is 25.6 Å². The summed E-state index contributed by atoms with van der Waals surface area (Å²) < 4.78 is 1.21. The zero-order chi connectivity index (χ0) is 21.1. The molecule has 29 heavy (non-hydrogen) atoms. The standard InChI is InChI=1S/C20H18N4O5/c1-3-23-20(27)19(21-15-10-9-14(24(28)29)11-16(15)26)17(12(2)25)18(22-23)13-7-5-4-6-8-13/h4-11,21,26H,3H2,1-2H3. The second-order valence-corrected chi connectivity index (χ2v) is 6.23. The van der Waals surface area contributed by atoms with E-state index in [1.165, 1.54) is 23.7 Å². The molecule has 9 heteroatoms. The van der Waals surface area contributed by atoms with Gasteiger partial charge in [0.15, 0.2) is 5.78 Å². The van der Waals surface area contributed by atoms with Crippen LogP contribution in [0.25, 0.3) is 11.3 Å². The highest BCUT2D eigenvalue weighted by molar-refractivity contribution is 6.05. The van der Waals surface area contributed by atoms with Crippen LogP contribution >= 0.6 is 0 Å². The van der Waals surface area contributed by atoms with Gasteiger partial charge in [0, 0.05) is 18.2 Å². The first kappa shape index (κ1) is 19.7. The van der Waals surface area contributed by atoms with Crippen LogP contribution < -0.4 is 10.9 Å². The van der Waals surface area contributed by atoms with E-state index >= 15 is 0 Å². The summed E-state index contributed by atoms with van der Waals surface area (Å²) in [5.74, 6) is -0.810. The lowest BCUT2D eigenvalue weighted by molar-refractivity contribution is -0.384. The van der Waals surface area contributed by atoms with Crippen molar-refractivity contribution in [1.82, 2.24) is 9.78 Å². The van der Waals surface area contributed by atoms with E-state index in [0.29, 0.717) is 11.3 Å². The zero-order valence-corrected chi connectivity index (χ0v) is 15.7. The molecule has 0 aliphatic carbocycles. The van der Waals surface area contributed by atoms with Gasteiger partial charge < -0.3 is 10.4 Å². The fourth-order valence-corrected chi connectivity index (χ4v) is 2.92. The third-order valence-electron chi connectivity index (χ3n) is 4.31. The maximum Gasteiger partial charge on any atom is 0.291 e. The van der Waals surface area contributed by atoms with Crippen molar-refractivity contribution in [1.29, 1.82) is 0 Å². The zero-order valence-electron chi connectivity index (χ0n) is 15.7. The smallest absolute Gasteiger partial charge is 0.291 e. The van der Waals surface area contributed by atoms with E-state index in [2.05, 4.69) is 10.4 Å². The number of carbonyl (C=O) groups is 1. The van der Waals surface area contributed by atoms with Crippen LogP contribution in [0.15, 0.2) is 53.3 Å². The number of aromatic nitrogens is 2. The highest BCUT2D eigenvalue weighted by Gasteiger charge is 2.23. The summed E-state index contributed by atoms with van der Waals surface area (Å²) in [5, 5.41) is 28.1. The average Bonchev–Trinajstić information content (AvgIpc) is 2.70. The van der Waals surface area contributed by atoms with Crippen molar-refractivity contribution in [2.24, 2.45) is 0 Å². The third kappa shape index (κ3) is 3.84. The van der Waals surface area contributed by atoms with Crippen LogP contribution in [0.5, 0.6) is 5.75 Å². The summed E-state index contributed by atoms with van der Waals surface area (Å²) in [7, 11) is 0. The van der Waals surface area contributed by atoms with E-state index in [0.717, 1.165) is 6.07 Å². The molecule has 0 saturated heterocycles. The van der Waals surface area contributed by atoms with Gasteiger partial charge in [0.1, 0.15) is 17.1 Å². The van der Waals surface area contributed by atoms with E-state index < -0.39 is 16.2 Å². The van der Waals surface area contributed by atoms with Crippen LogP contribution in [-0.2, 0) is 6.54 Å². The predicted molar refractivity (Wildman–Crippen MR) is 108 cm³/mol. The molecule has 2 aromatic carbocycles. The number of nitrogens with one attached hydrogen (secondary N) is 1. The lowest BCUT2D eigenvalue weighted by Crippen LogP contribution is -2.28. The molecule has 3 aromatic rings. The van der Waals surface area contributed by atoms with Gasteiger partial charge in [-0.05, 0) is 19.9 Å². The van der Waals surface area contributed by atoms with Crippen LogP contribution in [0.4, 0.5) is 17.1 Å². The summed E-state index contributed by atoms with van der Waals surface area (Å²) >= 11 is 0. The summed E-state index contributed by atoms with van der Waals surface area (Å²) in [6.07, 6.45) is 0. The largest absolute Gasteiger partial charge is 0.506 e. The molecule has 0 radical (unpaired) electrons. The second-order valence-electron chi connectivity index (χ2n) is 6.23. The highest BCUT2D eigenvalue weighted by atomic mass is 16.6. The molecule has 1 heterocycles. The Morgan fingerprint density at radius 2 is 1.93 bits per heavy atom. The van der Waals surface area contributed by atoms with Crippen LogP contribution in [0.2, 0.25) is 0 Å². The number of anilines is 2. The van der Waals surface area contributed by atoms with Crippen LogP contribution in [0, 0.1) is 10.1 Å². The van der Waals surface area contributed by atoms with Gasteiger partial charge in [-0.1, -0.05) is 30.3 Å². The second kappa shape index (κ2) is 7.93. The molecular weight excluding hydrogens is 376 g/mol. The number of nitro groups is 1. The normalized spacial score (nSPS) is 10.6. The number of hydrogen-bond donors (Lipinski definition) is 2. The maximum absolute atomic E-state index is 12.9. The predicted octanol–water partition coefficient (Wildman–Crippen LogP) is 3.49. The molecule has 0 unspecified atom stereocenters. The third-order valence-corrected chi connectivity index (χ3v) is 4.31. The average molecular weight is 394 g/mol. The molecule has 0 bridgehead atoms. The molecule has 0 aliphatic rings. The van der Waals surface area contributed by atoms with Gasteiger partial charge in [-0.15, -0.1) is 0 Å². The quantitative estimate of drug-likeness (QED) is 0.283. The molecule has 0 saturated carbocycles. The molecule has 0 aliphatic heterocycles. The Balaban J connectivity index is 2.24. The van der Waals surface area contributed by atoms with Gasteiger partial charge in [0.25, 0.3) is 11.2 Å². The molecule has 0 atom stereocenters. The molecule has 9 nitrogen and oxygen atoms in total. The van der Waals surface area contributed by atoms with Gasteiger partial charge in [0.05, 0.1) is 22.2 Å². The van der Waals surface area contributed by atoms with Gasteiger partial charge >= 0.3 is 0 Å². The number of Topliss-reactive ketones (excluding diaryl/α,β-unsaturated/α-hetero) is 1. The molecule has 3 rings (SSSR count). The fourth-order valence-electron chi connectivity index (χ4n) is 2.92. The molecule has 1 aromatic heterocycles. The number of aryl methyl sites for hydroxylation is 1. The minimum atomic E-state index is -0.644. The number of non-ortho nitro benzene ring substituents is 1. The SMILES string of the molecule is CCn1nc(-c2ccccc2)c(C(C)=O)c(Nc2ccc([N+](=O)[O-])cc2O)c1=O. The number of aromatic hydroxyl groups is 1. The summed E-state index contributed by atoms with van der Waals surface area (Å²) in [4.78, 5) is 35.6. The first-order chi connectivity index (χ1) is 13.8. The van der Waals surface area contributed by atoms with Gasteiger partial charge in [-0.2, -0.15) is 5.10 Å². The Kier molecular flexibility index (Phi) is 5.40. The lowest BCUT2D eigenvalue weighted by Gasteiger charge is -2.16. The number of benzene rings is 2. The van der Waals surface area contributed by atoms with Crippen molar-refractivity contribution in [3.05, 3.63) is 74.6 Å². The summed E-state index contributed by atoms with van der Waals surface area (Å²) in [5.41, 5.74) is 0.198. The lowest BCUT2D eigenvalue weighted by atomic mass is 10.0. The van der Waals surface area contributed by atoms with Crippen molar-refractivity contribution < 1.29 is 14.8 Å². The minimum Gasteiger partial charge on any atom is -0.506 e. The number of hydrogen-bond acceptors (Lipinski definition) is 7. The Hall–Kier alpha value is -4.01. The molecular formula is C20H18N4O5. The van der Waals surface area contributed by atoms with Gasteiger partial charge in [-0.3, -0.25) is 19.7 Å². The topological polar surface area (TPSA) is 127 Å². The molecule has 0 fully saturated rings. The van der Waals surface area contributed by atoms with E-state index in [9.17, 15) is 24.8 Å². The maximum atomic E-state index is 12.9. The van der Waals surface area contributed by atoms with Crippen molar-refractivity contribution in [3.8, 4) is 17.0 Å². The number of nitrogens with zero attached hydrogens (tertiary/aromatic N) is 3. The molecule has 0 amide bonds. The Labute approximate surface area is 165 Å². The number of phenols is 1. The monoisotopic (exact) mass is 394 g/mol. The number of carbonyl (C=O) groups excluding carboxylic acids is 1.